The SMILES string of the molecule is NC1CC=C(c2cc(Br)ccc2F)CC1. The first kappa shape index (κ1) is 10.8. The predicted octanol–water partition coefficient (Wildman–Crippen LogP) is 3.48. The van der Waals surface area contributed by atoms with Crippen LogP contribution in [0.15, 0.2) is 28.7 Å². The smallest absolute Gasteiger partial charge is 0.130 e. The first-order valence-electron chi connectivity index (χ1n) is 5.07. The molecular formula is C12H13BrFN. The second-order valence-corrected chi connectivity index (χ2v) is 4.80. The van der Waals surface area contributed by atoms with Crippen LogP contribution in [0.3, 0.4) is 0 Å². The van der Waals surface area contributed by atoms with Crippen LogP contribution in [0.25, 0.3) is 5.57 Å². The highest BCUT2D eigenvalue weighted by Crippen LogP contribution is 2.29. The van der Waals surface area contributed by atoms with Gasteiger partial charge in [-0.1, -0.05) is 22.0 Å². The van der Waals surface area contributed by atoms with Gasteiger partial charge in [0.15, 0.2) is 0 Å². The Labute approximate surface area is 97.3 Å². The maximum absolute atomic E-state index is 13.6. The minimum atomic E-state index is -0.153. The first-order chi connectivity index (χ1) is 7.16. The monoisotopic (exact) mass is 269 g/mol. The summed E-state index contributed by atoms with van der Waals surface area (Å²) >= 11 is 3.36. The quantitative estimate of drug-likeness (QED) is 0.830. The van der Waals surface area contributed by atoms with E-state index in [4.69, 9.17) is 5.73 Å². The van der Waals surface area contributed by atoms with Gasteiger partial charge in [-0.05, 0) is 43.0 Å². The second kappa shape index (κ2) is 4.45. The van der Waals surface area contributed by atoms with E-state index in [1.54, 1.807) is 6.07 Å². The molecular weight excluding hydrogens is 257 g/mol. The molecule has 0 aliphatic heterocycles. The molecule has 0 aromatic heterocycles. The summed E-state index contributed by atoms with van der Waals surface area (Å²) in [5, 5.41) is 0. The molecule has 1 aromatic carbocycles. The highest BCUT2D eigenvalue weighted by molar-refractivity contribution is 9.10. The van der Waals surface area contributed by atoms with E-state index in [1.807, 2.05) is 6.07 Å². The van der Waals surface area contributed by atoms with E-state index in [0.717, 1.165) is 29.3 Å². The van der Waals surface area contributed by atoms with Crippen molar-refractivity contribution in [2.24, 2.45) is 5.73 Å². The van der Waals surface area contributed by atoms with Gasteiger partial charge in [0.1, 0.15) is 5.82 Å². The van der Waals surface area contributed by atoms with Crippen LogP contribution in [0.4, 0.5) is 4.39 Å². The van der Waals surface area contributed by atoms with Crippen LogP contribution < -0.4 is 5.73 Å². The zero-order chi connectivity index (χ0) is 10.8. The van der Waals surface area contributed by atoms with Crippen LogP contribution in [0.5, 0.6) is 0 Å². The van der Waals surface area contributed by atoms with Gasteiger partial charge in [-0.3, -0.25) is 0 Å². The molecule has 2 rings (SSSR count). The molecule has 15 heavy (non-hydrogen) atoms. The lowest BCUT2D eigenvalue weighted by Crippen LogP contribution is -2.21. The minimum Gasteiger partial charge on any atom is -0.327 e. The molecule has 0 spiro atoms. The van der Waals surface area contributed by atoms with Crippen molar-refractivity contribution in [3.05, 3.63) is 40.1 Å². The molecule has 80 valence electrons. The van der Waals surface area contributed by atoms with Crippen molar-refractivity contribution in [1.29, 1.82) is 0 Å². The van der Waals surface area contributed by atoms with Crippen molar-refractivity contribution in [1.82, 2.24) is 0 Å². The van der Waals surface area contributed by atoms with Crippen molar-refractivity contribution in [2.75, 3.05) is 0 Å². The van der Waals surface area contributed by atoms with Gasteiger partial charge in [0.25, 0.3) is 0 Å². The van der Waals surface area contributed by atoms with Crippen LogP contribution in [0.1, 0.15) is 24.8 Å². The lowest BCUT2D eigenvalue weighted by Gasteiger charge is -2.18. The molecule has 1 nitrogen and oxygen atoms in total. The van der Waals surface area contributed by atoms with Crippen LogP contribution in [-0.4, -0.2) is 6.04 Å². The van der Waals surface area contributed by atoms with E-state index in [2.05, 4.69) is 22.0 Å². The van der Waals surface area contributed by atoms with E-state index in [9.17, 15) is 4.39 Å². The molecule has 0 amide bonds. The Bertz CT molecular complexity index is 401. The predicted molar refractivity (Wildman–Crippen MR) is 63.9 cm³/mol. The molecule has 0 fully saturated rings. The van der Waals surface area contributed by atoms with Crippen LogP contribution in [0.2, 0.25) is 0 Å². The normalized spacial score (nSPS) is 21.3. The molecule has 3 heteroatoms. The number of hydrogen-bond donors (Lipinski definition) is 1. The van der Waals surface area contributed by atoms with E-state index < -0.39 is 0 Å². The standard InChI is InChI=1S/C12H13BrFN/c13-9-3-6-12(14)11(7-9)8-1-4-10(15)5-2-8/h1,3,6-7,10H,2,4-5,15H2. The average molecular weight is 270 g/mol. The summed E-state index contributed by atoms with van der Waals surface area (Å²) in [4.78, 5) is 0. The highest BCUT2D eigenvalue weighted by Gasteiger charge is 2.14. The molecule has 1 aliphatic carbocycles. The van der Waals surface area contributed by atoms with E-state index in [0.29, 0.717) is 5.56 Å². The number of benzene rings is 1. The Hall–Kier alpha value is -0.670. The van der Waals surface area contributed by atoms with Gasteiger partial charge in [-0.25, -0.2) is 4.39 Å². The Balaban J connectivity index is 2.33. The van der Waals surface area contributed by atoms with Crippen molar-refractivity contribution in [3.8, 4) is 0 Å². The Morgan fingerprint density at radius 2 is 2.20 bits per heavy atom. The topological polar surface area (TPSA) is 26.0 Å². The molecule has 2 N–H and O–H groups in total. The Kier molecular flexibility index (Phi) is 3.22. The molecule has 1 unspecified atom stereocenters. The summed E-state index contributed by atoms with van der Waals surface area (Å²) < 4.78 is 14.5. The van der Waals surface area contributed by atoms with Gasteiger partial charge in [0.2, 0.25) is 0 Å². The van der Waals surface area contributed by atoms with Crippen molar-refractivity contribution < 1.29 is 4.39 Å². The summed E-state index contributed by atoms with van der Waals surface area (Å²) in [6.45, 7) is 0. The van der Waals surface area contributed by atoms with Crippen LogP contribution in [-0.2, 0) is 0 Å². The van der Waals surface area contributed by atoms with Crippen molar-refractivity contribution in [2.45, 2.75) is 25.3 Å². The fourth-order valence-corrected chi connectivity index (χ4v) is 2.20. The molecule has 1 aromatic rings. The maximum atomic E-state index is 13.6. The van der Waals surface area contributed by atoms with Gasteiger partial charge in [0, 0.05) is 16.1 Å². The minimum absolute atomic E-state index is 0.153. The fraction of sp³-hybridized carbons (Fsp3) is 0.333. The average Bonchev–Trinajstić information content (AvgIpc) is 2.23. The largest absolute Gasteiger partial charge is 0.327 e. The molecule has 0 saturated carbocycles. The third-order valence-corrected chi connectivity index (χ3v) is 3.22. The molecule has 1 atom stereocenters. The Morgan fingerprint density at radius 1 is 1.40 bits per heavy atom. The van der Waals surface area contributed by atoms with Gasteiger partial charge >= 0.3 is 0 Å². The van der Waals surface area contributed by atoms with Gasteiger partial charge in [-0.2, -0.15) is 0 Å². The second-order valence-electron chi connectivity index (χ2n) is 3.89. The van der Waals surface area contributed by atoms with Gasteiger partial charge in [-0.15, -0.1) is 0 Å². The number of halogens is 2. The summed E-state index contributed by atoms with van der Waals surface area (Å²) in [6.07, 6.45) is 4.71. The number of hydrogen-bond acceptors (Lipinski definition) is 1. The zero-order valence-corrected chi connectivity index (χ0v) is 9.93. The fourth-order valence-electron chi connectivity index (χ4n) is 1.84. The number of allylic oxidation sites excluding steroid dienone is 1. The lowest BCUT2D eigenvalue weighted by molar-refractivity contribution is 0.601. The number of rotatable bonds is 1. The van der Waals surface area contributed by atoms with Gasteiger partial charge in [0.05, 0.1) is 0 Å². The van der Waals surface area contributed by atoms with Crippen molar-refractivity contribution >= 4 is 21.5 Å². The Morgan fingerprint density at radius 3 is 2.87 bits per heavy atom. The molecule has 0 heterocycles. The van der Waals surface area contributed by atoms with Crippen molar-refractivity contribution in [3.63, 3.8) is 0 Å². The molecule has 0 bridgehead atoms. The number of nitrogens with two attached hydrogens (primary N) is 1. The van der Waals surface area contributed by atoms with Gasteiger partial charge < -0.3 is 5.73 Å². The lowest BCUT2D eigenvalue weighted by atomic mass is 9.91. The van der Waals surface area contributed by atoms with E-state index in [1.165, 1.54) is 6.07 Å². The van der Waals surface area contributed by atoms with Crippen LogP contribution >= 0.6 is 15.9 Å². The summed E-state index contributed by atoms with van der Waals surface area (Å²) in [7, 11) is 0. The maximum Gasteiger partial charge on any atom is 0.130 e. The first-order valence-corrected chi connectivity index (χ1v) is 5.86. The van der Waals surface area contributed by atoms with E-state index in [-0.39, 0.29) is 11.9 Å². The van der Waals surface area contributed by atoms with Crippen LogP contribution in [0, 0.1) is 5.82 Å². The molecule has 1 aliphatic rings. The highest BCUT2D eigenvalue weighted by atomic mass is 79.9. The summed E-state index contributed by atoms with van der Waals surface area (Å²) in [6, 6.07) is 5.28. The summed E-state index contributed by atoms with van der Waals surface area (Å²) in [5.74, 6) is -0.153. The summed E-state index contributed by atoms with van der Waals surface area (Å²) in [5.41, 5.74) is 7.58. The third kappa shape index (κ3) is 2.47. The molecule has 0 radical (unpaired) electrons. The van der Waals surface area contributed by atoms with E-state index >= 15 is 0 Å². The molecule has 0 saturated heterocycles. The zero-order valence-electron chi connectivity index (χ0n) is 8.34. The third-order valence-electron chi connectivity index (χ3n) is 2.73.